The van der Waals surface area contributed by atoms with Gasteiger partial charge < -0.3 is 14.8 Å². The van der Waals surface area contributed by atoms with E-state index in [1.165, 1.54) is 23.4 Å². The lowest BCUT2D eigenvalue weighted by atomic mass is 10.4. The largest absolute Gasteiger partial charge is 0.394 e. The Morgan fingerprint density at radius 2 is 2.18 bits per heavy atom. The number of thioether (sulfide) groups is 1. The first-order chi connectivity index (χ1) is 10.5. The standard InChI is InChI=1S/C13H18N4O4S/c1-3-4-5-17-9-10(16(2)12(21)15-11(9)20)14-13(17)22-7-8(19)6-18/h3-4,8,18-19H,5-7H2,1-2H3,(H,15,20,21)/b4-3+/t8-/m1/s1. The van der Waals surface area contributed by atoms with E-state index in [-0.39, 0.29) is 12.4 Å². The SMILES string of the molecule is C/C=C/Cn1c(SC[C@H](O)CO)nc2c1c(=O)[nH]c(=O)n2C. The molecule has 0 aromatic carbocycles. The van der Waals surface area contributed by atoms with E-state index in [9.17, 15) is 14.7 Å². The zero-order valence-corrected chi connectivity index (χ0v) is 13.1. The van der Waals surface area contributed by atoms with E-state index < -0.39 is 17.4 Å². The molecule has 2 aromatic rings. The summed E-state index contributed by atoms with van der Waals surface area (Å²) in [6, 6.07) is 0. The number of fused-ring (bicyclic) bond motifs is 1. The Morgan fingerprint density at radius 3 is 2.82 bits per heavy atom. The van der Waals surface area contributed by atoms with Gasteiger partial charge in [0.2, 0.25) is 0 Å². The van der Waals surface area contributed by atoms with Gasteiger partial charge in [-0.1, -0.05) is 23.9 Å². The van der Waals surface area contributed by atoms with E-state index in [0.717, 1.165) is 0 Å². The number of rotatable bonds is 6. The second-order valence-electron chi connectivity index (χ2n) is 4.71. The molecule has 0 spiro atoms. The fourth-order valence-corrected chi connectivity index (χ4v) is 2.85. The molecule has 2 rings (SSSR count). The van der Waals surface area contributed by atoms with Crippen molar-refractivity contribution in [2.24, 2.45) is 7.05 Å². The number of hydrogen-bond acceptors (Lipinski definition) is 6. The van der Waals surface area contributed by atoms with Gasteiger partial charge in [-0.05, 0) is 6.92 Å². The highest BCUT2D eigenvalue weighted by atomic mass is 32.2. The van der Waals surface area contributed by atoms with Crippen LogP contribution in [-0.2, 0) is 13.6 Å². The minimum absolute atomic E-state index is 0.238. The number of hydrogen-bond donors (Lipinski definition) is 3. The number of aromatic nitrogens is 4. The maximum Gasteiger partial charge on any atom is 0.329 e. The summed E-state index contributed by atoms with van der Waals surface area (Å²) in [5, 5.41) is 18.9. The third-order valence-electron chi connectivity index (χ3n) is 3.11. The molecule has 2 aromatic heterocycles. The van der Waals surface area contributed by atoms with Crippen molar-refractivity contribution in [2.75, 3.05) is 12.4 Å². The van der Waals surface area contributed by atoms with Gasteiger partial charge in [0.05, 0.1) is 12.7 Å². The van der Waals surface area contributed by atoms with Gasteiger partial charge in [0, 0.05) is 19.3 Å². The summed E-state index contributed by atoms with van der Waals surface area (Å²) >= 11 is 1.22. The van der Waals surface area contributed by atoms with Gasteiger partial charge in [-0.2, -0.15) is 0 Å². The summed E-state index contributed by atoms with van der Waals surface area (Å²) in [5.41, 5.74) is -0.426. The van der Waals surface area contributed by atoms with Crippen molar-refractivity contribution in [1.82, 2.24) is 19.1 Å². The molecule has 0 bridgehead atoms. The number of aryl methyl sites for hydroxylation is 1. The number of nitrogens with one attached hydrogen (secondary N) is 1. The lowest BCUT2D eigenvalue weighted by Crippen LogP contribution is -2.29. The molecule has 3 N–H and O–H groups in total. The van der Waals surface area contributed by atoms with E-state index in [0.29, 0.717) is 22.9 Å². The summed E-state index contributed by atoms with van der Waals surface area (Å²) in [6.07, 6.45) is 2.83. The summed E-state index contributed by atoms with van der Waals surface area (Å²) in [6.45, 7) is 1.94. The fraction of sp³-hybridized carbons (Fsp3) is 0.462. The number of aromatic amines is 1. The summed E-state index contributed by atoms with van der Waals surface area (Å²) in [4.78, 5) is 30.3. The van der Waals surface area contributed by atoms with Gasteiger partial charge in [0.1, 0.15) is 0 Å². The molecule has 120 valence electrons. The van der Waals surface area contributed by atoms with E-state index >= 15 is 0 Å². The fourth-order valence-electron chi connectivity index (χ4n) is 1.93. The van der Waals surface area contributed by atoms with E-state index in [1.807, 2.05) is 19.1 Å². The van der Waals surface area contributed by atoms with Crippen LogP contribution in [0.1, 0.15) is 6.92 Å². The van der Waals surface area contributed by atoms with Crippen LogP contribution in [0.15, 0.2) is 26.9 Å². The number of allylic oxidation sites excluding steroid dienone is 2. The quantitative estimate of drug-likeness (QED) is 0.485. The van der Waals surface area contributed by atoms with Crippen LogP contribution >= 0.6 is 11.8 Å². The molecule has 0 radical (unpaired) electrons. The highest BCUT2D eigenvalue weighted by molar-refractivity contribution is 7.99. The van der Waals surface area contributed by atoms with Crippen molar-refractivity contribution < 1.29 is 10.2 Å². The molecule has 0 fully saturated rings. The third-order valence-corrected chi connectivity index (χ3v) is 4.23. The van der Waals surface area contributed by atoms with Gasteiger partial charge in [-0.3, -0.25) is 14.3 Å². The topological polar surface area (TPSA) is 113 Å². The summed E-state index contributed by atoms with van der Waals surface area (Å²) < 4.78 is 2.96. The Morgan fingerprint density at radius 1 is 1.45 bits per heavy atom. The van der Waals surface area contributed by atoms with Gasteiger partial charge in [-0.25, -0.2) is 9.78 Å². The molecular formula is C13H18N4O4S. The first-order valence-electron chi connectivity index (χ1n) is 6.72. The number of imidazole rings is 1. The Bertz CT molecular complexity index is 805. The van der Waals surface area contributed by atoms with Crippen LogP contribution < -0.4 is 11.2 Å². The van der Waals surface area contributed by atoms with E-state index in [2.05, 4.69) is 9.97 Å². The average molecular weight is 326 g/mol. The monoisotopic (exact) mass is 326 g/mol. The normalized spacial score (nSPS) is 13.3. The van der Waals surface area contributed by atoms with Crippen molar-refractivity contribution in [3.8, 4) is 0 Å². The number of H-pyrrole nitrogens is 1. The van der Waals surface area contributed by atoms with Crippen LogP contribution in [0.4, 0.5) is 0 Å². The molecular weight excluding hydrogens is 308 g/mol. The van der Waals surface area contributed by atoms with Gasteiger partial charge in [0.15, 0.2) is 16.3 Å². The van der Waals surface area contributed by atoms with Crippen molar-refractivity contribution >= 4 is 22.9 Å². The predicted octanol–water partition coefficient (Wildman–Crippen LogP) is -0.555. The minimum atomic E-state index is -0.873. The predicted molar refractivity (Wildman–Crippen MR) is 84.2 cm³/mol. The minimum Gasteiger partial charge on any atom is -0.394 e. The first-order valence-corrected chi connectivity index (χ1v) is 7.70. The first kappa shape index (κ1) is 16.5. The van der Waals surface area contributed by atoms with Crippen LogP contribution in [0.3, 0.4) is 0 Å². The van der Waals surface area contributed by atoms with Crippen LogP contribution in [0.5, 0.6) is 0 Å². The molecule has 0 saturated heterocycles. The highest BCUT2D eigenvalue weighted by Crippen LogP contribution is 2.22. The van der Waals surface area contributed by atoms with Crippen molar-refractivity contribution in [3.05, 3.63) is 33.0 Å². The maximum absolute atomic E-state index is 12.1. The number of nitrogens with zero attached hydrogens (tertiary/aromatic N) is 3. The lowest BCUT2D eigenvalue weighted by molar-refractivity contribution is 0.113. The molecule has 0 amide bonds. The Kier molecular flexibility index (Phi) is 5.22. The van der Waals surface area contributed by atoms with E-state index in [4.69, 9.17) is 5.11 Å². The smallest absolute Gasteiger partial charge is 0.329 e. The second-order valence-corrected chi connectivity index (χ2v) is 5.70. The van der Waals surface area contributed by atoms with Crippen LogP contribution in [0.2, 0.25) is 0 Å². The highest BCUT2D eigenvalue weighted by Gasteiger charge is 2.17. The van der Waals surface area contributed by atoms with E-state index in [1.54, 1.807) is 4.57 Å². The molecule has 0 saturated carbocycles. The molecule has 9 heteroatoms. The van der Waals surface area contributed by atoms with Gasteiger partial charge >= 0.3 is 5.69 Å². The Hall–Kier alpha value is -1.84. The van der Waals surface area contributed by atoms with Crippen molar-refractivity contribution in [1.29, 1.82) is 0 Å². The summed E-state index contributed by atoms with van der Waals surface area (Å²) in [7, 11) is 1.53. The third kappa shape index (κ3) is 3.16. The summed E-state index contributed by atoms with van der Waals surface area (Å²) in [5.74, 6) is 0.238. The second kappa shape index (κ2) is 6.95. The van der Waals surface area contributed by atoms with Crippen molar-refractivity contribution in [3.63, 3.8) is 0 Å². The number of aliphatic hydroxyl groups excluding tert-OH is 2. The van der Waals surface area contributed by atoms with Crippen LogP contribution in [0, 0.1) is 0 Å². The Labute approximate surface area is 130 Å². The molecule has 2 heterocycles. The number of aliphatic hydroxyl groups is 2. The molecule has 8 nitrogen and oxygen atoms in total. The lowest BCUT2D eigenvalue weighted by Gasteiger charge is -2.08. The van der Waals surface area contributed by atoms with Crippen molar-refractivity contribution in [2.45, 2.75) is 24.7 Å². The average Bonchev–Trinajstić information content (AvgIpc) is 2.87. The Balaban J connectivity index is 2.59. The van der Waals surface area contributed by atoms with Gasteiger partial charge in [-0.15, -0.1) is 0 Å². The zero-order valence-electron chi connectivity index (χ0n) is 12.3. The molecule has 0 aliphatic rings. The molecule has 22 heavy (non-hydrogen) atoms. The molecule has 1 atom stereocenters. The van der Waals surface area contributed by atoms with Crippen LogP contribution in [0.25, 0.3) is 11.2 Å². The van der Waals surface area contributed by atoms with Gasteiger partial charge in [0.25, 0.3) is 5.56 Å². The maximum atomic E-state index is 12.1. The molecule has 0 unspecified atom stereocenters. The zero-order chi connectivity index (χ0) is 16.3. The van der Waals surface area contributed by atoms with Crippen LogP contribution in [-0.4, -0.2) is 47.8 Å². The molecule has 0 aliphatic carbocycles. The molecule has 0 aliphatic heterocycles.